The molecule has 2 aromatic heterocycles. The van der Waals surface area contributed by atoms with Gasteiger partial charge in [-0.3, -0.25) is 0 Å². The number of nitrogen functional groups attached to an aromatic ring is 1. The van der Waals surface area contributed by atoms with E-state index in [2.05, 4.69) is 14.5 Å². The van der Waals surface area contributed by atoms with E-state index >= 15 is 0 Å². The molecule has 1 unspecified atom stereocenters. The number of nitrogens with two attached hydrogens (primary N) is 1. The molecule has 3 aromatic rings. The largest absolute Gasteiger partial charge is 0.611 e. The van der Waals surface area contributed by atoms with Crippen LogP contribution in [0.25, 0.3) is 11.0 Å². The molecule has 0 fully saturated rings. The van der Waals surface area contributed by atoms with Crippen molar-refractivity contribution in [1.29, 1.82) is 0 Å². The van der Waals surface area contributed by atoms with E-state index in [1.807, 2.05) is 6.92 Å². The molecule has 0 saturated carbocycles. The van der Waals surface area contributed by atoms with Crippen LogP contribution in [0.1, 0.15) is 24.2 Å². The third-order valence-corrected chi connectivity index (χ3v) is 6.17. The third kappa shape index (κ3) is 4.85. The lowest BCUT2D eigenvalue weighted by Gasteiger charge is -2.13. The van der Waals surface area contributed by atoms with Crippen molar-refractivity contribution >= 4 is 28.0 Å². The minimum Gasteiger partial charge on any atom is -0.611 e. The SMILES string of the molecule is COCCc1nc2c(N)ncc(C)c2n1CCCC[S+]([O-])c1ccc(F)cc1F. The van der Waals surface area contributed by atoms with Crippen molar-refractivity contribution in [2.75, 3.05) is 25.2 Å². The van der Waals surface area contributed by atoms with Crippen LogP contribution in [-0.2, 0) is 28.9 Å². The Kier molecular flexibility index (Phi) is 7.05. The molecule has 1 atom stereocenters. The smallest absolute Gasteiger partial charge is 0.188 e. The van der Waals surface area contributed by atoms with Crippen LogP contribution in [0, 0.1) is 18.6 Å². The number of anilines is 1. The van der Waals surface area contributed by atoms with Crippen LogP contribution in [0.15, 0.2) is 29.3 Å². The minimum absolute atomic E-state index is 0.0370. The molecule has 3 rings (SSSR count). The Morgan fingerprint density at radius 2 is 2.07 bits per heavy atom. The maximum absolute atomic E-state index is 13.8. The zero-order valence-electron chi connectivity index (χ0n) is 16.5. The van der Waals surface area contributed by atoms with Crippen LogP contribution in [0.2, 0.25) is 0 Å². The van der Waals surface area contributed by atoms with Crippen molar-refractivity contribution < 1.29 is 18.1 Å². The van der Waals surface area contributed by atoms with Gasteiger partial charge in [0.1, 0.15) is 22.9 Å². The summed E-state index contributed by atoms with van der Waals surface area (Å²) in [4.78, 5) is 8.86. The lowest BCUT2D eigenvalue weighted by Crippen LogP contribution is -2.12. The maximum Gasteiger partial charge on any atom is 0.188 e. The fraction of sp³-hybridized carbons (Fsp3) is 0.400. The first-order valence-electron chi connectivity index (χ1n) is 9.35. The number of fused-ring (bicyclic) bond motifs is 1. The third-order valence-electron chi connectivity index (χ3n) is 4.69. The van der Waals surface area contributed by atoms with Crippen molar-refractivity contribution in [3.8, 4) is 0 Å². The second-order valence-corrected chi connectivity index (χ2v) is 8.32. The van der Waals surface area contributed by atoms with Gasteiger partial charge in [-0.15, -0.1) is 0 Å². The molecule has 0 aliphatic rings. The molecule has 0 aliphatic heterocycles. The number of benzene rings is 1. The highest BCUT2D eigenvalue weighted by molar-refractivity contribution is 7.91. The molecule has 0 spiro atoms. The Balaban J connectivity index is 1.70. The van der Waals surface area contributed by atoms with Gasteiger partial charge in [0.2, 0.25) is 0 Å². The van der Waals surface area contributed by atoms with E-state index in [9.17, 15) is 13.3 Å². The standard InChI is InChI=1S/C20H24F2N4O2S/c1-13-12-24-20(23)18-19(13)26(17(25-18)7-9-28-2)8-3-4-10-29(27)16-6-5-14(21)11-15(16)22/h5-6,11-12H,3-4,7-10H2,1-2H3,(H2,23,24). The topological polar surface area (TPSA) is 89.0 Å². The van der Waals surface area contributed by atoms with E-state index in [-0.39, 0.29) is 4.90 Å². The minimum atomic E-state index is -1.51. The lowest BCUT2D eigenvalue weighted by atomic mass is 10.2. The summed E-state index contributed by atoms with van der Waals surface area (Å²) in [6.07, 6.45) is 3.70. The quantitative estimate of drug-likeness (QED) is 0.422. The van der Waals surface area contributed by atoms with Gasteiger partial charge in [0.05, 0.1) is 12.1 Å². The van der Waals surface area contributed by atoms with E-state index in [1.54, 1.807) is 13.3 Å². The number of aromatic nitrogens is 3. The van der Waals surface area contributed by atoms with Gasteiger partial charge in [0, 0.05) is 32.3 Å². The maximum atomic E-state index is 13.8. The summed E-state index contributed by atoms with van der Waals surface area (Å²) >= 11 is -1.51. The monoisotopic (exact) mass is 422 g/mol. The highest BCUT2D eigenvalue weighted by Gasteiger charge is 2.18. The average molecular weight is 423 g/mol. The van der Waals surface area contributed by atoms with Crippen LogP contribution < -0.4 is 5.73 Å². The van der Waals surface area contributed by atoms with Crippen LogP contribution in [0.5, 0.6) is 0 Å². The molecule has 9 heteroatoms. The van der Waals surface area contributed by atoms with E-state index in [0.717, 1.165) is 35.5 Å². The molecule has 0 radical (unpaired) electrons. The summed E-state index contributed by atoms with van der Waals surface area (Å²) < 4.78 is 46.4. The molecule has 1 aromatic carbocycles. The fourth-order valence-corrected chi connectivity index (χ4v) is 4.45. The highest BCUT2D eigenvalue weighted by Crippen LogP contribution is 2.25. The zero-order valence-corrected chi connectivity index (χ0v) is 17.3. The Bertz CT molecular complexity index is 996. The molecular formula is C20H24F2N4O2S. The normalized spacial score (nSPS) is 12.6. The van der Waals surface area contributed by atoms with Gasteiger partial charge in [-0.05, 0) is 48.6 Å². The number of aryl methyl sites for hydroxylation is 2. The molecule has 0 aliphatic carbocycles. The number of unbranched alkanes of at least 4 members (excludes halogenated alkanes) is 1. The Labute approximate surface area is 171 Å². The number of hydrogen-bond donors (Lipinski definition) is 1. The molecule has 0 amide bonds. The van der Waals surface area contributed by atoms with Crippen LogP contribution in [0.3, 0.4) is 0 Å². The first kappa shape index (κ1) is 21.5. The molecule has 156 valence electrons. The predicted molar refractivity (Wildman–Crippen MR) is 109 cm³/mol. The van der Waals surface area contributed by atoms with Crippen molar-refractivity contribution in [2.45, 2.75) is 37.6 Å². The number of pyridine rings is 1. The summed E-state index contributed by atoms with van der Waals surface area (Å²) in [5.41, 5.74) is 8.59. The highest BCUT2D eigenvalue weighted by atomic mass is 32.2. The first-order chi connectivity index (χ1) is 13.9. The van der Waals surface area contributed by atoms with Gasteiger partial charge in [-0.25, -0.2) is 18.7 Å². The number of ether oxygens (including phenoxy) is 1. The molecule has 2 N–H and O–H groups in total. The Hall–Kier alpha value is -2.23. The second kappa shape index (κ2) is 9.51. The van der Waals surface area contributed by atoms with Gasteiger partial charge in [0.25, 0.3) is 0 Å². The summed E-state index contributed by atoms with van der Waals surface area (Å²) in [6.45, 7) is 3.14. The van der Waals surface area contributed by atoms with Crippen LogP contribution in [0.4, 0.5) is 14.6 Å². The number of rotatable bonds is 9. The molecule has 0 bridgehead atoms. The predicted octanol–water partition coefficient (Wildman–Crippen LogP) is 3.38. The molecule has 0 saturated heterocycles. The molecule has 2 heterocycles. The van der Waals surface area contributed by atoms with Crippen molar-refractivity contribution in [3.05, 3.63) is 47.4 Å². The number of nitrogens with zero attached hydrogens (tertiary/aromatic N) is 3. The Morgan fingerprint density at radius 3 is 2.79 bits per heavy atom. The van der Waals surface area contributed by atoms with E-state index in [4.69, 9.17) is 10.5 Å². The first-order valence-corrected chi connectivity index (χ1v) is 10.7. The van der Waals surface area contributed by atoms with Crippen molar-refractivity contribution in [3.63, 3.8) is 0 Å². The Morgan fingerprint density at radius 1 is 1.28 bits per heavy atom. The number of imidazole rings is 1. The van der Waals surface area contributed by atoms with E-state index in [0.29, 0.717) is 43.1 Å². The van der Waals surface area contributed by atoms with E-state index < -0.39 is 22.8 Å². The van der Waals surface area contributed by atoms with Gasteiger partial charge >= 0.3 is 0 Å². The summed E-state index contributed by atoms with van der Waals surface area (Å²) in [5.74, 6) is 0.0873. The van der Waals surface area contributed by atoms with Crippen molar-refractivity contribution in [1.82, 2.24) is 14.5 Å². The summed E-state index contributed by atoms with van der Waals surface area (Å²) in [6, 6.07) is 3.12. The zero-order chi connectivity index (χ0) is 21.0. The summed E-state index contributed by atoms with van der Waals surface area (Å²) in [7, 11) is 1.64. The second-order valence-electron chi connectivity index (χ2n) is 6.78. The van der Waals surface area contributed by atoms with Gasteiger partial charge < -0.3 is 19.6 Å². The van der Waals surface area contributed by atoms with Gasteiger partial charge in [-0.1, -0.05) is 0 Å². The molecule has 29 heavy (non-hydrogen) atoms. The molecular weight excluding hydrogens is 398 g/mol. The van der Waals surface area contributed by atoms with Gasteiger partial charge in [-0.2, -0.15) is 0 Å². The van der Waals surface area contributed by atoms with E-state index in [1.165, 1.54) is 6.07 Å². The van der Waals surface area contributed by atoms with Crippen LogP contribution >= 0.6 is 0 Å². The molecule has 6 nitrogen and oxygen atoms in total. The van der Waals surface area contributed by atoms with Gasteiger partial charge in [0.15, 0.2) is 16.5 Å². The fourth-order valence-electron chi connectivity index (χ4n) is 3.26. The lowest BCUT2D eigenvalue weighted by molar-refractivity contribution is 0.199. The number of methoxy groups -OCH3 is 1. The summed E-state index contributed by atoms with van der Waals surface area (Å²) in [5, 5.41) is 0. The number of halogens is 2. The average Bonchev–Trinajstić information content (AvgIpc) is 3.06. The van der Waals surface area contributed by atoms with Crippen LogP contribution in [-0.4, -0.2) is 38.6 Å². The number of hydrogen-bond acceptors (Lipinski definition) is 5. The van der Waals surface area contributed by atoms with Crippen molar-refractivity contribution in [2.24, 2.45) is 0 Å².